The van der Waals surface area contributed by atoms with E-state index < -0.39 is 0 Å². The van der Waals surface area contributed by atoms with Crippen LogP contribution in [0.1, 0.15) is 38.8 Å². The Kier molecular flexibility index (Phi) is 9.56. The van der Waals surface area contributed by atoms with Gasteiger partial charge in [0.05, 0.1) is 0 Å². The van der Waals surface area contributed by atoms with Gasteiger partial charge in [-0.2, -0.15) is 0 Å². The van der Waals surface area contributed by atoms with Crippen LogP contribution in [0.3, 0.4) is 0 Å². The molecule has 0 atom stereocenters. The molecule has 0 heteroatoms. The third-order valence-corrected chi connectivity index (χ3v) is 1.22. The Balaban J connectivity index is 0. The topological polar surface area (TPSA) is 0 Å². The number of aryl methyl sites for hydroxylation is 2. The first-order valence-electron chi connectivity index (χ1n) is 4.24. The second-order valence-corrected chi connectivity index (χ2v) is 2.86. The molecule has 12 heavy (non-hydrogen) atoms. The van der Waals surface area contributed by atoms with Gasteiger partial charge >= 0.3 is 0 Å². The van der Waals surface area contributed by atoms with E-state index in [1.165, 1.54) is 17.5 Å². The second kappa shape index (κ2) is 8.32. The molecule has 1 aromatic rings. The summed E-state index contributed by atoms with van der Waals surface area (Å²) in [5.74, 6) is 0. The smallest absolute Gasteiger partial charge is 0.0398 e. The Morgan fingerprint density at radius 1 is 0.833 bits per heavy atom. The van der Waals surface area contributed by atoms with E-state index in [0.717, 1.165) is 0 Å². The SMILES string of the molecule is C.CCC.Cc1ccc(C)cc1. The molecule has 0 heterocycles. The van der Waals surface area contributed by atoms with E-state index in [4.69, 9.17) is 0 Å². The molecule has 0 saturated heterocycles. The normalized spacial score (nSPS) is 7.67. The van der Waals surface area contributed by atoms with Gasteiger partial charge in [-0.25, -0.2) is 0 Å². The minimum absolute atomic E-state index is 0. The highest BCUT2D eigenvalue weighted by atomic mass is 13.9. The van der Waals surface area contributed by atoms with Crippen LogP contribution in [-0.4, -0.2) is 0 Å². The Bertz CT molecular complexity index is 151. The summed E-state index contributed by atoms with van der Waals surface area (Å²) >= 11 is 0. The monoisotopic (exact) mass is 166 g/mol. The van der Waals surface area contributed by atoms with E-state index in [0.29, 0.717) is 0 Å². The lowest BCUT2D eigenvalue weighted by atomic mass is 10.2. The van der Waals surface area contributed by atoms with Crippen molar-refractivity contribution in [3.63, 3.8) is 0 Å². The molecule has 0 spiro atoms. The van der Waals surface area contributed by atoms with Gasteiger partial charge in [-0.05, 0) is 13.8 Å². The predicted molar refractivity (Wildman–Crippen MR) is 58.6 cm³/mol. The Hall–Kier alpha value is -0.780. The molecule has 0 radical (unpaired) electrons. The quantitative estimate of drug-likeness (QED) is 0.537. The first-order chi connectivity index (χ1) is 5.20. The van der Waals surface area contributed by atoms with Crippen LogP contribution in [0.4, 0.5) is 0 Å². The van der Waals surface area contributed by atoms with Gasteiger partial charge in [0.1, 0.15) is 0 Å². The Morgan fingerprint density at radius 3 is 1.17 bits per heavy atom. The van der Waals surface area contributed by atoms with E-state index in [2.05, 4.69) is 52.0 Å². The van der Waals surface area contributed by atoms with Crippen LogP contribution in [0.25, 0.3) is 0 Å². The number of hydrogen-bond acceptors (Lipinski definition) is 0. The highest BCUT2D eigenvalue weighted by Crippen LogP contribution is 1.99. The number of benzene rings is 1. The van der Waals surface area contributed by atoms with Gasteiger partial charge in [-0.3, -0.25) is 0 Å². The average Bonchev–Trinajstić information content (AvgIpc) is 1.97. The first-order valence-corrected chi connectivity index (χ1v) is 4.24. The molecule has 0 aliphatic carbocycles. The fourth-order valence-corrected chi connectivity index (χ4v) is 0.637. The zero-order chi connectivity index (χ0) is 8.69. The minimum Gasteiger partial charge on any atom is -0.0776 e. The molecule has 0 saturated carbocycles. The molecule has 1 rings (SSSR count). The maximum atomic E-state index is 2.12. The van der Waals surface area contributed by atoms with Gasteiger partial charge in [0.15, 0.2) is 0 Å². The fraction of sp³-hybridized carbons (Fsp3) is 0.500. The Morgan fingerprint density at radius 2 is 1.00 bits per heavy atom. The van der Waals surface area contributed by atoms with E-state index in [1.54, 1.807) is 0 Å². The lowest BCUT2D eigenvalue weighted by molar-refractivity contribution is 1.09. The number of rotatable bonds is 0. The zero-order valence-electron chi connectivity index (χ0n) is 8.02. The van der Waals surface area contributed by atoms with Crippen molar-refractivity contribution in [3.8, 4) is 0 Å². The third kappa shape index (κ3) is 7.33. The fourth-order valence-electron chi connectivity index (χ4n) is 0.637. The minimum atomic E-state index is 0. The highest BCUT2D eigenvalue weighted by Gasteiger charge is 1.79. The molecular weight excluding hydrogens is 144 g/mol. The largest absolute Gasteiger partial charge is 0.0776 e. The van der Waals surface area contributed by atoms with E-state index in [9.17, 15) is 0 Å². The third-order valence-electron chi connectivity index (χ3n) is 1.22. The summed E-state index contributed by atoms with van der Waals surface area (Å²) in [6, 6.07) is 8.48. The molecule has 70 valence electrons. The van der Waals surface area contributed by atoms with Crippen LogP contribution < -0.4 is 0 Å². The van der Waals surface area contributed by atoms with Gasteiger partial charge in [-0.15, -0.1) is 0 Å². The summed E-state index contributed by atoms with van der Waals surface area (Å²) in [6.07, 6.45) is 1.25. The molecule has 0 aromatic heterocycles. The van der Waals surface area contributed by atoms with Crippen LogP contribution in [0.5, 0.6) is 0 Å². The van der Waals surface area contributed by atoms with Crippen molar-refractivity contribution in [2.75, 3.05) is 0 Å². The van der Waals surface area contributed by atoms with Crippen molar-refractivity contribution in [2.45, 2.75) is 41.5 Å². The van der Waals surface area contributed by atoms with Crippen molar-refractivity contribution >= 4 is 0 Å². The molecule has 0 nitrogen and oxygen atoms in total. The highest BCUT2D eigenvalue weighted by molar-refractivity contribution is 5.19. The van der Waals surface area contributed by atoms with Crippen molar-refractivity contribution in [2.24, 2.45) is 0 Å². The lowest BCUT2D eigenvalue weighted by Crippen LogP contribution is -1.70. The van der Waals surface area contributed by atoms with E-state index in [1.807, 2.05) is 0 Å². The predicted octanol–water partition coefficient (Wildman–Crippen LogP) is 4.36. The summed E-state index contributed by atoms with van der Waals surface area (Å²) in [5.41, 5.74) is 2.66. The summed E-state index contributed by atoms with van der Waals surface area (Å²) in [4.78, 5) is 0. The van der Waals surface area contributed by atoms with Gasteiger partial charge in [0.2, 0.25) is 0 Å². The van der Waals surface area contributed by atoms with Gasteiger partial charge in [0.25, 0.3) is 0 Å². The van der Waals surface area contributed by atoms with Gasteiger partial charge < -0.3 is 0 Å². The molecule has 0 aliphatic rings. The molecule has 0 unspecified atom stereocenters. The maximum Gasteiger partial charge on any atom is -0.0398 e. The van der Waals surface area contributed by atoms with E-state index >= 15 is 0 Å². The summed E-state index contributed by atoms with van der Waals surface area (Å²) in [6.45, 7) is 8.44. The van der Waals surface area contributed by atoms with Crippen LogP contribution in [0.15, 0.2) is 24.3 Å². The van der Waals surface area contributed by atoms with Crippen LogP contribution in [0.2, 0.25) is 0 Å². The van der Waals surface area contributed by atoms with E-state index in [-0.39, 0.29) is 7.43 Å². The van der Waals surface area contributed by atoms with Crippen LogP contribution in [-0.2, 0) is 0 Å². The Labute approximate surface area is 77.6 Å². The van der Waals surface area contributed by atoms with Crippen molar-refractivity contribution in [1.29, 1.82) is 0 Å². The van der Waals surface area contributed by atoms with Crippen molar-refractivity contribution in [3.05, 3.63) is 35.4 Å². The molecule has 0 amide bonds. The molecule has 0 bridgehead atoms. The van der Waals surface area contributed by atoms with Crippen LogP contribution >= 0.6 is 0 Å². The maximum absolute atomic E-state index is 2.12. The average molecular weight is 166 g/mol. The van der Waals surface area contributed by atoms with Gasteiger partial charge in [0, 0.05) is 0 Å². The molecular formula is C12H22. The molecule has 0 N–H and O–H groups in total. The van der Waals surface area contributed by atoms with Crippen molar-refractivity contribution < 1.29 is 0 Å². The second-order valence-electron chi connectivity index (χ2n) is 2.86. The van der Waals surface area contributed by atoms with Gasteiger partial charge in [-0.1, -0.05) is 63.1 Å². The first kappa shape index (κ1) is 13.8. The molecule has 0 aliphatic heterocycles. The summed E-state index contributed by atoms with van der Waals surface area (Å²) < 4.78 is 0. The lowest BCUT2D eigenvalue weighted by Gasteiger charge is -1.90. The zero-order valence-corrected chi connectivity index (χ0v) is 8.02. The van der Waals surface area contributed by atoms with Crippen LogP contribution in [0, 0.1) is 13.8 Å². The molecule has 0 fully saturated rings. The summed E-state index contributed by atoms with van der Waals surface area (Å²) in [5, 5.41) is 0. The number of hydrogen-bond donors (Lipinski definition) is 0. The standard InChI is InChI=1S/C8H10.C3H8.CH4/c1-7-3-5-8(2)6-4-7;1-3-2;/h3-6H,1-2H3;3H2,1-2H3;1H4. The van der Waals surface area contributed by atoms with Crippen molar-refractivity contribution in [1.82, 2.24) is 0 Å². The summed E-state index contributed by atoms with van der Waals surface area (Å²) in [7, 11) is 0. The molecule has 1 aromatic carbocycles.